The molecule has 0 N–H and O–H groups in total. The van der Waals surface area contributed by atoms with Crippen LogP contribution in [0.3, 0.4) is 0 Å². The molecule has 1 heteroatoms. The number of furan rings is 1. The summed E-state index contributed by atoms with van der Waals surface area (Å²) in [6, 6.07) is 2.12. The average molecular weight is 164 g/mol. The van der Waals surface area contributed by atoms with Crippen molar-refractivity contribution >= 4 is 0 Å². The lowest BCUT2D eigenvalue weighted by atomic mass is 9.72. The van der Waals surface area contributed by atoms with Crippen molar-refractivity contribution in [2.45, 2.75) is 39.5 Å². The molecule has 2 rings (SSSR count). The van der Waals surface area contributed by atoms with Gasteiger partial charge in [-0.05, 0) is 29.9 Å². The normalized spacial score (nSPS) is 26.8. The highest BCUT2D eigenvalue weighted by molar-refractivity contribution is 5.25. The molecule has 0 saturated carbocycles. The van der Waals surface area contributed by atoms with Crippen molar-refractivity contribution in [2.75, 3.05) is 0 Å². The highest BCUT2D eigenvalue weighted by atomic mass is 16.3. The van der Waals surface area contributed by atoms with Gasteiger partial charge in [-0.25, -0.2) is 0 Å². The summed E-state index contributed by atoms with van der Waals surface area (Å²) in [6.45, 7) is 6.92. The second-order valence-electron chi connectivity index (χ2n) is 4.76. The van der Waals surface area contributed by atoms with Crippen LogP contribution in [0.5, 0.6) is 0 Å². The van der Waals surface area contributed by atoms with E-state index in [-0.39, 0.29) is 0 Å². The van der Waals surface area contributed by atoms with Gasteiger partial charge in [0.05, 0.1) is 6.26 Å². The van der Waals surface area contributed by atoms with Gasteiger partial charge in [0.15, 0.2) is 0 Å². The Balaban J connectivity index is 2.38. The molecule has 0 aromatic carbocycles. The van der Waals surface area contributed by atoms with E-state index in [1.807, 2.05) is 6.26 Å². The fraction of sp³-hybridized carbons (Fsp3) is 0.636. The van der Waals surface area contributed by atoms with Crippen LogP contribution >= 0.6 is 0 Å². The Morgan fingerprint density at radius 1 is 1.50 bits per heavy atom. The van der Waals surface area contributed by atoms with Gasteiger partial charge in [-0.1, -0.05) is 20.8 Å². The van der Waals surface area contributed by atoms with Gasteiger partial charge in [0.2, 0.25) is 0 Å². The fourth-order valence-corrected chi connectivity index (χ4v) is 2.44. The minimum Gasteiger partial charge on any atom is -0.469 e. The first kappa shape index (κ1) is 7.90. The van der Waals surface area contributed by atoms with Gasteiger partial charge in [-0.2, -0.15) is 0 Å². The van der Waals surface area contributed by atoms with E-state index in [0.29, 0.717) is 11.3 Å². The van der Waals surface area contributed by atoms with Crippen molar-refractivity contribution in [3.05, 3.63) is 23.7 Å². The summed E-state index contributed by atoms with van der Waals surface area (Å²) in [5.41, 5.74) is 1.87. The molecule has 1 aliphatic carbocycles. The lowest BCUT2D eigenvalue weighted by Crippen LogP contribution is -2.23. The molecule has 1 unspecified atom stereocenters. The smallest absolute Gasteiger partial charge is 0.109 e. The van der Waals surface area contributed by atoms with Gasteiger partial charge in [0.25, 0.3) is 0 Å². The molecule has 0 bridgehead atoms. The summed E-state index contributed by atoms with van der Waals surface area (Å²) in [6.07, 6.45) is 4.24. The first-order valence-electron chi connectivity index (χ1n) is 4.65. The Morgan fingerprint density at radius 3 is 3.00 bits per heavy atom. The molecule has 0 aliphatic heterocycles. The van der Waals surface area contributed by atoms with Crippen molar-refractivity contribution in [1.29, 1.82) is 0 Å². The van der Waals surface area contributed by atoms with E-state index >= 15 is 0 Å². The minimum absolute atomic E-state index is 0.455. The molecule has 1 nitrogen and oxygen atoms in total. The number of hydrogen-bond donors (Lipinski definition) is 0. The Hall–Kier alpha value is -0.720. The van der Waals surface area contributed by atoms with E-state index in [1.54, 1.807) is 0 Å². The molecule has 1 aromatic rings. The molecule has 1 atom stereocenters. The number of fused-ring (bicyclic) bond motifs is 1. The molecule has 1 heterocycles. The third kappa shape index (κ3) is 1.17. The van der Waals surface area contributed by atoms with Gasteiger partial charge in [0.1, 0.15) is 5.76 Å². The Kier molecular flexibility index (Phi) is 1.57. The van der Waals surface area contributed by atoms with Crippen molar-refractivity contribution in [1.82, 2.24) is 0 Å². The summed E-state index contributed by atoms with van der Waals surface area (Å²) in [4.78, 5) is 0. The second kappa shape index (κ2) is 2.38. The topological polar surface area (TPSA) is 13.1 Å². The molecular formula is C11H16O. The van der Waals surface area contributed by atoms with Crippen LogP contribution in [0.15, 0.2) is 16.7 Å². The van der Waals surface area contributed by atoms with Gasteiger partial charge in [0, 0.05) is 5.92 Å². The standard InChI is InChI=1S/C11H16O/c1-8-6-11(2,3)7-9-4-5-12-10(8)9/h4-5,8H,6-7H2,1-3H3. The van der Waals surface area contributed by atoms with Crippen LogP contribution in [0, 0.1) is 5.41 Å². The van der Waals surface area contributed by atoms with Crippen LogP contribution in [-0.2, 0) is 6.42 Å². The summed E-state index contributed by atoms with van der Waals surface area (Å²) in [5, 5.41) is 0. The summed E-state index contributed by atoms with van der Waals surface area (Å²) >= 11 is 0. The van der Waals surface area contributed by atoms with Crippen LogP contribution in [0.4, 0.5) is 0 Å². The molecule has 1 aromatic heterocycles. The minimum atomic E-state index is 0.455. The van der Waals surface area contributed by atoms with E-state index in [1.165, 1.54) is 24.2 Å². The van der Waals surface area contributed by atoms with E-state index in [9.17, 15) is 0 Å². The van der Waals surface area contributed by atoms with Crippen molar-refractivity contribution in [3.8, 4) is 0 Å². The monoisotopic (exact) mass is 164 g/mol. The van der Waals surface area contributed by atoms with Crippen LogP contribution in [0.2, 0.25) is 0 Å². The Bertz CT molecular complexity index is 283. The number of rotatable bonds is 0. The lowest BCUT2D eigenvalue weighted by molar-refractivity contribution is 0.264. The lowest BCUT2D eigenvalue weighted by Gasteiger charge is -2.32. The highest BCUT2D eigenvalue weighted by Gasteiger charge is 2.31. The molecule has 0 spiro atoms. The van der Waals surface area contributed by atoms with Crippen LogP contribution in [0.1, 0.15) is 44.4 Å². The molecule has 0 radical (unpaired) electrons. The zero-order valence-corrected chi connectivity index (χ0v) is 8.05. The van der Waals surface area contributed by atoms with Crippen molar-refractivity contribution < 1.29 is 4.42 Å². The third-order valence-electron chi connectivity index (χ3n) is 2.76. The maximum Gasteiger partial charge on any atom is 0.109 e. The fourth-order valence-electron chi connectivity index (χ4n) is 2.44. The SMILES string of the molecule is CC1CC(C)(C)Cc2ccoc21. The molecule has 0 fully saturated rings. The summed E-state index contributed by atoms with van der Waals surface area (Å²) in [7, 11) is 0. The summed E-state index contributed by atoms with van der Waals surface area (Å²) < 4.78 is 5.46. The van der Waals surface area contributed by atoms with E-state index in [0.717, 1.165) is 0 Å². The predicted molar refractivity (Wildman–Crippen MR) is 49.2 cm³/mol. The highest BCUT2D eigenvalue weighted by Crippen LogP contribution is 2.41. The zero-order chi connectivity index (χ0) is 8.77. The summed E-state index contributed by atoms with van der Waals surface area (Å²) in [5.74, 6) is 1.81. The van der Waals surface area contributed by atoms with Gasteiger partial charge < -0.3 is 4.42 Å². The second-order valence-corrected chi connectivity index (χ2v) is 4.76. The molecule has 1 aliphatic rings. The third-order valence-corrected chi connectivity index (χ3v) is 2.76. The van der Waals surface area contributed by atoms with Crippen LogP contribution in [-0.4, -0.2) is 0 Å². The van der Waals surface area contributed by atoms with Gasteiger partial charge in [-0.15, -0.1) is 0 Å². The molecule has 0 saturated heterocycles. The molecule has 0 amide bonds. The maximum absolute atomic E-state index is 5.46. The number of hydrogen-bond acceptors (Lipinski definition) is 1. The predicted octanol–water partition coefficient (Wildman–Crippen LogP) is 3.36. The average Bonchev–Trinajstić information content (AvgIpc) is 2.31. The first-order chi connectivity index (χ1) is 5.58. The van der Waals surface area contributed by atoms with Crippen LogP contribution < -0.4 is 0 Å². The maximum atomic E-state index is 5.46. The largest absolute Gasteiger partial charge is 0.469 e. The Labute approximate surface area is 73.8 Å². The quantitative estimate of drug-likeness (QED) is 0.573. The molecular weight excluding hydrogens is 148 g/mol. The zero-order valence-electron chi connectivity index (χ0n) is 8.05. The van der Waals surface area contributed by atoms with Crippen molar-refractivity contribution in [2.24, 2.45) is 5.41 Å². The van der Waals surface area contributed by atoms with E-state index in [4.69, 9.17) is 4.42 Å². The van der Waals surface area contributed by atoms with Crippen LogP contribution in [0.25, 0.3) is 0 Å². The van der Waals surface area contributed by atoms with Crippen molar-refractivity contribution in [3.63, 3.8) is 0 Å². The Morgan fingerprint density at radius 2 is 2.25 bits per heavy atom. The van der Waals surface area contributed by atoms with E-state index < -0.39 is 0 Å². The van der Waals surface area contributed by atoms with Gasteiger partial charge >= 0.3 is 0 Å². The van der Waals surface area contributed by atoms with Gasteiger partial charge in [-0.3, -0.25) is 0 Å². The first-order valence-corrected chi connectivity index (χ1v) is 4.65. The molecule has 12 heavy (non-hydrogen) atoms. The molecule has 66 valence electrons. The van der Waals surface area contributed by atoms with E-state index in [2.05, 4.69) is 26.8 Å².